The summed E-state index contributed by atoms with van der Waals surface area (Å²) in [4.78, 5) is 37.3. The van der Waals surface area contributed by atoms with Gasteiger partial charge in [-0.2, -0.15) is 0 Å². The summed E-state index contributed by atoms with van der Waals surface area (Å²) in [7, 11) is 0. The number of hydrogen-bond donors (Lipinski definition) is 2. The molecule has 23 heavy (non-hydrogen) atoms. The van der Waals surface area contributed by atoms with Crippen molar-refractivity contribution in [1.29, 1.82) is 0 Å². The highest BCUT2D eigenvalue weighted by Gasteiger charge is 2.52. The van der Waals surface area contributed by atoms with Crippen LogP contribution < -0.4 is 10.6 Å². The number of carbonyl (C=O) groups is 3. The molecule has 0 bridgehead atoms. The Labute approximate surface area is 133 Å². The molecular weight excluding hydrogens is 300 g/mol. The van der Waals surface area contributed by atoms with E-state index in [0.717, 1.165) is 18.5 Å². The van der Waals surface area contributed by atoms with Gasteiger partial charge in [0.1, 0.15) is 5.54 Å². The standard InChI is InChI=1S/C15H20N4O4/c1-3-9(4-2)10-7-11(23-18-10)12(20)19-6-5-15(8-19)13(21)16-14(22)17-15/h7,9H,3-6,8H2,1-2H3,(H2,16,17,21,22)/t15-/m0/s1. The fourth-order valence-corrected chi connectivity index (χ4v) is 3.24. The molecule has 1 aromatic heterocycles. The summed E-state index contributed by atoms with van der Waals surface area (Å²) in [5, 5.41) is 8.83. The zero-order valence-corrected chi connectivity index (χ0v) is 13.2. The molecule has 0 unspecified atom stereocenters. The third-order valence-corrected chi connectivity index (χ3v) is 4.71. The lowest BCUT2D eigenvalue weighted by Crippen LogP contribution is -2.49. The van der Waals surface area contributed by atoms with Crippen molar-refractivity contribution in [2.45, 2.75) is 44.6 Å². The molecular formula is C15H20N4O4. The van der Waals surface area contributed by atoms with Gasteiger partial charge in [-0.25, -0.2) is 4.79 Å². The molecule has 2 N–H and O–H groups in total. The zero-order chi connectivity index (χ0) is 16.6. The molecule has 1 spiro atoms. The van der Waals surface area contributed by atoms with Crippen LogP contribution in [0.4, 0.5) is 4.79 Å². The number of likely N-dealkylation sites (tertiary alicyclic amines) is 1. The van der Waals surface area contributed by atoms with E-state index in [0.29, 0.717) is 13.0 Å². The van der Waals surface area contributed by atoms with Gasteiger partial charge in [-0.15, -0.1) is 0 Å². The van der Waals surface area contributed by atoms with Gasteiger partial charge in [-0.1, -0.05) is 19.0 Å². The molecule has 1 aromatic rings. The average Bonchev–Trinajstić information content (AvgIpc) is 3.21. The van der Waals surface area contributed by atoms with Crippen LogP contribution in [0.5, 0.6) is 0 Å². The Morgan fingerprint density at radius 1 is 1.43 bits per heavy atom. The van der Waals surface area contributed by atoms with Gasteiger partial charge in [0.15, 0.2) is 0 Å². The summed E-state index contributed by atoms with van der Waals surface area (Å²) in [6.45, 7) is 4.66. The number of nitrogens with one attached hydrogen (secondary N) is 2. The quantitative estimate of drug-likeness (QED) is 0.805. The van der Waals surface area contributed by atoms with E-state index in [2.05, 4.69) is 29.6 Å². The molecule has 124 valence electrons. The van der Waals surface area contributed by atoms with Crippen LogP contribution in [0, 0.1) is 0 Å². The maximum absolute atomic E-state index is 12.5. The number of hydrogen-bond acceptors (Lipinski definition) is 5. The minimum atomic E-state index is -1.01. The third kappa shape index (κ3) is 2.58. The number of rotatable bonds is 4. The number of imide groups is 1. The van der Waals surface area contributed by atoms with E-state index in [1.165, 1.54) is 4.90 Å². The third-order valence-electron chi connectivity index (χ3n) is 4.71. The predicted molar refractivity (Wildman–Crippen MR) is 79.8 cm³/mol. The van der Waals surface area contributed by atoms with Crippen molar-refractivity contribution in [2.75, 3.05) is 13.1 Å². The Kier molecular flexibility index (Phi) is 3.83. The second-order valence-electron chi connectivity index (χ2n) is 6.10. The first-order chi connectivity index (χ1) is 11.0. The van der Waals surface area contributed by atoms with Gasteiger partial charge in [0.25, 0.3) is 11.8 Å². The summed E-state index contributed by atoms with van der Waals surface area (Å²) in [5.41, 5.74) is -0.232. The smallest absolute Gasteiger partial charge is 0.322 e. The zero-order valence-electron chi connectivity index (χ0n) is 13.2. The Balaban J connectivity index is 1.73. The van der Waals surface area contributed by atoms with Crippen molar-refractivity contribution in [3.63, 3.8) is 0 Å². The van der Waals surface area contributed by atoms with Gasteiger partial charge < -0.3 is 14.7 Å². The number of amides is 4. The number of carbonyl (C=O) groups excluding carboxylic acids is 3. The fraction of sp³-hybridized carbons (Fsp3) is 0.600. The van der Waals surface area contributed by atoms with Crippen LogP contribution in [-0.2, 0) is 4.79 Å². The normalized spacial score (nSPS) is 23.7. The Bertz CT molecular complexity index is 652. The lowest BCUT2D eigenvalue weighted by Gasteiger charge is -2.20. The largest absolute Gasteiger partial charge is 0.351 e. The first kappa shape index (κ1) is 15.5. The maximum Gasteiger partial charge on any atom is 0.322 e. The van der Waals surface area contributed by atoms with Gasteiger partial charge >= 0.3 is 6.03 Å². The van der Waals surface area contributed by atoms with Gasteiger partial charge in [0.05, 0.1) is 12.2 Å². The average molecular weight is 320 g/mol. The number of urea groups is 1. The van der Waals surface area contributed by atoms with Crippen LogP contribution >= 0.6 is 0 Å². The van der Waals surface area contributed by atoms with Crippen LogP contribution in [0.15, 0.2) is 10.6 Å². The topological polar surface area (TPSA) is 105 Å². The molecule has 8 heteroatoms. The molecule has 0 saturated carbocycles. The molecule has 2 saturated heterocycles. The van der Waals surface area contributed by atoms with Crippen molar-refractivity contribution in [2.24, 2.45) is 0 Å². The van der Waals surface area contributed by atoms with Crippen molar-refractivity contribution in [1.82, 2.24) is 20.7 Å². The minimum absolute atomic E-state index is 0.143. The van der Waals surface area contributed by atoms with Gasteiger partial charge in [-0.3, -0.25) is 14.9 Å². The number of nitrogens with zero attached hydrogens (tertiary/aromatic N) is 2. The molecule has 2 aliphatic heterocycles. The maximum atomic E-state index is 12.5. The predicted octanol–water partition coefficient (Wildman–Crippen LogP) is 1.00. The monoisotopic (exact) mass is 320 g/mol. The Hall–Kier alpha value is -2.38. The minimum Gasteiger partial charge on any atom is -0.351 e. The van der Waals surface area contributed by atoms with E-state index in [9.17, 15) is 14.4 Å². The summed E-state index contributed by atoms with van der Waals surface area (Å²) in [5.74, 6) is -0.243. The molecule has 0 radical (unpaired) electrons. The summed E-state index contributed by atoms with van der Waals surface area (Å²) in [6, 6.07) is 1.16. The SMILES string of the molecule is CCC(CC)c1cc(C(=O)N2CC[C@@]3(C2)NC(=O)NC3=O)on1. The van der Waals surface area contributed by atoms with Crippen LogP contribution in [0.2, 0.25) is 0 Å². The van der Waals surface area contributed by atoms with E-state index in [4.69, 9.17) is 4.52 Å². The molecule has 3 rings (SSSR count). The van der Waals surface area contributed by atoms with E-state index >= 15 is 0 Å². The van der Waals surface area contributed by atoms with E-state index < -0.39 is 11.6 Å². The first-order valence-electron chi connectivity index (χ1n) is 7.88. The highest BCUT2D eigenvalue weighted by molar-refractivity contribution is 6.08. The molecule has 4 amide bonds. The Morgan fingerprint density at radius 3 is 2.78 bits per heavy atom. The lowest BCUT2D eigenvalue weighted by atomic mass is 9.99. The van der Waals surface area contributed by atoms with Crippen LogP contribution in [0.1, 0.15) is 55.3 Å². The van der Waals surface area contributed by atoms with Crippen LogP contribution in [0.3, 0.4) is 0 Å². The molecule has 1 atom stereocenters. The summed E-state index contributed by atoms with van der Waals surface area (Å²) >= 11 is 0. The molecule has 2 fully saturated rings. The Morgan fingerprint density at radius 2 is 2.17 bits per heavy atom. The van der Waals surface area contributed by atoms with Crippen molar-refractivity contribution >= 4 is 17.8 Å². The first-order valence-corrected chi connectivity index (χ1v) is 7.88. The van der Waals surface area contributed by atoms with Crippen LogP contribution in [-0.4, -0.2) is 46.5 Å². The van der Waals surface area contributed by atoms with Crippen molar-refractivity contribution in [3.8, 4) is 0 Å². The van der Waals surface area contributed by atoms with Gasteiger partial charge in [-0.05, 0) is 19.3 Å². The number of aromatic nitrogens is 1. The van der Waals surface area contributed by atoms with Crippen molar-refractivity contribution < 1.29 is 18.9 Å². The van der Waals surface area contributed by atoms with E-state index in [1.807, 2.05) is 0 Å². The lowest BCUT2D eigenvalue weighted by molar-refractivity contribution is -0.123. The second kappa shape index (κ2) is 5.68. The molecule has 8 nitrogen and oxygen atoms in total. The van der Waals surface area contributed by atoms with Gasteiger partial charge in [0, 0.05) is 18.5 Å². The van der Waals surface area contributed by atoms with Crippen molar-refractivity contribution in [3.05, 3.63) is 17.5 Å². The highest BCUT2D eigenvalue weighted by atomic mass is 16.5. The molecule has 0 aliphatic carbocycles. The van der Waals surface area contributed by atoms with Gasteiger partial charge in [0.2, 0.25) is 5.76 Å². The molecule has 3 heterocycles. The second-order valence-corrected chi connectivity index (χ2v) is 6.10. The van der Waals surface area contributed by atoms with E-state index in [1.54, 1.807) is 6.07 Å². The summed E-state index contributed by atoms with van der Waals surface area (Å²) < 4.78 is 5.19. The molecule has 2 aliphatic rings. The highest BCUT2D eigenvalue weighted by Crippen LogP contribution is 2.27. The fourth-order valence-electron chi connectivity index (χ4n) is 3.24. The van der Waals surface area contributed by atoms with Crippen LogP contribution in [0.25, 0.3) is 0 Å². The summed E-state index contributed by atoms with van der Waals surface area (Å²) in [6.07, 6.45) is 2.25. The molecule has 0 aromatic carbocycles. The van der Waals surface area contributed by atoms with E-state index in [-0.39, 0.29) is 30.0 Å².